The Kier molecular flexibility index (Phi) is 7.49. The molecule has 0 aliphatic carbocycles. The van der Waals surface area contributed by atoms with Gasteiger partial charge in [0, 0.05) is 50.5 Å². The van der Waals surface area contributed by atoms with Crippen LogP contribution in [0.4, 0.5) is 11.4 Å². The van der Waals surface area contributed by atoms with Crippen molar-refractivity contribution in [1.29, 1.82) is 0 Å². The minimum atomic E-state index is -0.219. The molecule has 1 heterocycles. The number of anilines is 2. The zero-order valence-corrected chi connectivity index (χ0v) is 16.7. The van der Waals surface area contributed by atoms with E-state index < -0.39 is 0 Å². The van der Waals surface area contributed by atoms with Gasteiger partial charge in [0.25, 0.3) is 0 Å². The van der Waals surface area contributed by atoms with Gasteiger partial charge in [0.05, 0.1) is 5.92 Å². The average molecular weight is 360 g/mol. The third kappa shape index (κ3) is 4.57. The molecule has 1 aliphatic heterocycles. The van der Waals surface area contributed by atoms with Gasteiger partial charge >= 0.3 is 0 Å². The molecule has 1 fully saturated rings. The number of benzene rings is 1. The summed E-state index contributed by atoms with van der Waals surface area (Å²) in [5, 5.41) is 0. The fourth-order valence-electron chi connectivity index (χ4n) is 3.68. The molecule has 0 saturated carbocycles. The maximum atomic E-state index is 12.8. The number of rotatable bonds is 9. The van der Waals surface area contributed by atoms with Crippen molar-refractivity contribution in [1.82, 2.24) is 4.90 Å². The first kappa shape index (κ1) is 20.3. The van der Waals surface area contributed by atoms with Crippen molar-refractivity contribution < 1.29 is 9.59 Å². The number of carbonyl (C=O) groups is 2. The Morgan fingerprint density at radius 3 is 2.12 bits per heavy atom. The summed E-state index contributed by atoms with van der Waals surface area (Å²) in [6.07, 6.45) is 2.21. The highest BCUT2D eigenvalue weighted by molar-refractivity contribution is 6.00. The molecule has 1 aliphatic rings. The molecule has 1 aromatic carbocycles. The van der Waals surface area contributed by atoms with Crippen molar-refractivity contribution >= 4 is 23.2 Å². The van der Waals surface area contributed by atoms with Crippen LogP contribution in [0.25, 0.3) is 0 Å². The SMILES string of the molecule is CCCN(CCC)C(=O)C1CC(=O)N(c2ccc(N(CC)CC)cc2)C1. The summed E-state index contributed by atoms with van der Waals surface area (Å²) in [4.78, 5) is 31.3. The maximum absolute atomic E-state index is 12.8. The van der Waals surface area contributed by atoms with Crippen LogP contribution < -0.4 is 9.80 Å². The van der Waals surface area contributed by atoms with E-state index in [9.17, 15) is 9.59 Å². The molecule has 0 spiro atoms. The summed E-state index contributed by atoms with van der Waals surface area (Å²) in [6, 6.07) is 8.11. The lowest BCUT2D eigenvalue weighted by molar-refractivity contribution is -0.135. The number of carbonyl (C=O) groups excluding carboxylic acids is 2. The average Bonchev–Trinajstić information content (AvgIpc) is 3.04. The van der Waals surface area contributed by atoms with Gasteiger partial charge in [0.2, 0.25) is 11.8 Å². The zero-order valence-electron chi connectivity index (χ0n) is 16.7. The van der Waals surface area contributed by atoms with Gasteiger partial charge < -0.3 is 14.7 Å². The fourth-order valence-corrected chi connectivity index (χ4v) is 3.68. The molecular formula is C21H33N3O2. The number of nitrogens with zero attached hydrogens (tertiary/aromatic N) is 3. The Balaban J connectivity index is 2.08. The minimum Gasteiger partial charge on any atom is -0.372 e. The first-order chi connectivity index (χ1) is 12.5. The molecule has 1 saturated heterocycles. The first-order valence-electron chi connectivity index (χ1n) is 9.99. The summed E-state index contributed by atoms with van der Waals surface area (Å²) in [5.41, 5.74) is 2.05. The molecule has 26 heavy (non-hydrogen) atoms. The second kappa shape index (κ2) is 9.60. The van der Waals surface area contributed by atoms with Crippen LogP contribution in [0, 0.1) is 5.92 Å². The minimum absolute atomic E-state index is 0.0480. The molecule has 2 amide bonds. The van der Waals surface area contributed by atoms with Crippen molar-refractivity contribution in [3.8, 4) is 0 Å². The second-order valence-electron chi connectivity index (χ2n) is 6.92. The van der Waals surface area contributed by atoms with Gasteiger partial charge in [-0.3, -0.25) is 9.59 Å². The van der Waals surface area contributed by atoms with Crippen LogP contribution in [0.1, 0.15) is 47.0 Å². The van der Waals surface area contributed by atoms with E-state index in [0.717, 1.165) is 50.4 Å². The van der Waals surface area contributed by atoms with Crippen molar-refractivity contribution in [2.24, 2.45) is 5.92 Å². The quantitative estimate of drug-likeness (QED) is 0.677. The van der Waals surface area contributed by atoms with E-state index in [1.165, 1.54) is 0 Å². The molecule has 0 radical (unpaired) electrons. The molecular weight excluding hydrogens is 326 g/mol. The predicted octanol–water partition coefficient (Wildman–Crippen LogP) is 3.53. The molecule has 2 rings (SSSR count). The van der Waals surface area contributed by atoms with Crippen LogP contribution >= 0.6 is 0 Å². The largest absolute Gasteiger partial charge is 0.372 e. The molecule has 0 aromatic heterocycles. The lowest BCUT2D eigenvalue weighted by Crippen LogP contribution is -2.38. The van der Waals surface area contributed by atoms with Crippen molar-refractivity contribution in [2.75, 3.05) is 42.5 Å². The van der Waals surface area contributed by atoms with Gasteiger partial charge in [0.15, 0.2) is 0 Å². The maximum Gasteiger partial charge on any atom is 0.228 e. The Morgan fingerprint density at radius 2 is 1.62 bits per heavy atom. The summed E-state index contributed by atoms with van der Waals surface area (Å²) in [5.74, 6) is -0.0424. The van der Waals surface area contributed by atoms with E-state index in [4.69, 9.17) is 0 Å². The Hall–Kier alpha value is -2.04. The normalized spacial score (nSPS) is 16.8. The molecule has 5 heteroatoms. The highest BCUT2D eigenvalue weighted by Gasteiger charge is 2.36. The Labute approximate surface area is 158 Å². The molecule has 1 aromatic rings. The van der Waals surface area contributed by atoms with Gasteiger partial charge in [-0.15, -0.1) is 0 Å². The van der Waals surface area contributed by atoms with E-state index in [1.807, 2.05) is 17.0 Å². The van der Waals surface area contributed by atoms with Crippen LogP contribution in [0.3, 0.4) is 0 Å². The van der Waals surface area contributed by atoms with Crippen molar-refractivity contribution in [3.05, 3.63) is 24.3 Å². The lowest BCUT2D eigenvalue weighted by atomic mass is 10.1. The standard InChI is InChI=1S/C21H33N3O2/c1-5-13-23(14-6-2)21(26)17-15-20(25)24(16-17)19-11-9-18(10-12-19)22(7-3)8-4/h9-12,17H,5-8,13-16H2,1-4H3. The van der Waals surface area contributed by atoms with Crippen LogP contribution in [0.15, 0.2) is 24.3 Å². The van der Waals surface area contributed by atoms with E-state index in [2.05, 4.69) is 44.7 Å². The monoisotopic (exact) mass is 359 g/mol. The topological polar surface area (TPSA) is 43.9 Å². The van der Waals surface area contributed by atoms with Gasteiger partial charge in [0.1, 0.15) is 0 Å². The fraction of sp³-hybridized carbons (Fsp3) is 0.619. The summed E-state index contributed by atoms with van der Waals surface area (Å²) < 4.78 is 0. The summed E-state index contributed by atoms with van der Waals surface area (Å²) in [6.45, 7) is 12.4. The van der Waals surface area contributed by atoms with Gasteiger partial charge in [-0.1, -0.05) is 13.8 Å². The molecule has 1 unspecified atom stereocenters. The second-order valence-corrected chi connectivity index (χ2v) is 6.92. The van der Waals surface area contributed by atoms with Gasteiger partial charge in [-0.05, 0) is 51.0 Å². The molecule has 1 atom stereocenters. The number of hydrogen-bond donors (Lipinski definition) is 0. The molecule has 144 valence electrons. The van der Waals surface area contributed by atoms with Crippen LogP contribution in [0.5, 0.6) is 0 Å². The molecule has 0 bridgehead atoms. The number of amides is 2. The summed E-state index contributed by atoms with van der Waals surface area (Å²) >= 11 is 0. The highest BCUT2D eigenvalue weighted by Crippen LogP contribution is 2.28. The Morgan fingerprint density at radius 1 is 1.04 bits per heavy atom. The van der Waals surface area contributed by atoms with E-state index in [-0.39, 0.29) is 17.7 Å². The molecule has 5 nitrogen and oxygen atoms in total. The third-order valence-electron chi connectivity index (χ3n) is 5.06. The van der Waals surface area contributed by atoms with Gasteiger partial charge in [-0.25, -0.2) is 0 Å². The zero-order chi connectivity index (χ0) is 19.1. The highest BCUT2D eigenvalue weighted by atomic mass is 16.2. The van der Waals surface area contributed by atoms with E-state index in [0.29, 0.717) is 13.0 Å². The first-order valence-corrected chi connectivity index (χ1v) is 9.99. The summed E-state index contributed by atoms with van der Waals surface area (Å²) in [7, 11) is 0. The predicted molar refractivity (Wildman–Crippen MR) is 108 cm³/mol. The van der Waals surface area contributed by atoms with Gasteiger partial charge in [-0.2, -0.15) is 0 Å². The van der Waals surface area contributed by atoms with E-state index >= 15 is 0 Å². The third-order valence-corrected chi connectivity index (χ3v) is 5.06. The van der Waals surface area contributed by atoms with Crippen molar-refractivity contribution in [2.45, 2.75) is 47.0 Å². The van der Waals surface area contributed by atoms with Crippen LogP contribution in [-0.2, 0) is 9.59 Å². The van der Waals surface area contributed by atoms with Crippen molar-refractivity contribution in [3.63, 3.8) is 0 Å². The number of hydrogen-bond acceptors (Lipinski definition) is 3. The lowest BCUT2D eigenvalue weighted by Gasteiger charge is -2.25. The smallest absolute Gasteiger partial charge is 0.228 e. The van der Waals surface area contributed by atoms with Crippen LogP contribution in [-0.4, -0.2) is 49.4 Å². The van der Waals surface area contributed by atoms with E-state index in [1.54, 1.807) is 4.90 Å². The van der Waals surface area contributed by atoms with Crippen LogP contribution in [0.2, 0.25) is 0 Å². The Bertz CT molecular complexity index is 590. The molecule has 0 N–H and O–H groups in total.